The number of thiophene rings is 1. The quantitative estimate of drug-likeness (QED) is 0.802. The summed E-state index contributed by atoms with van der Waals surface area (Å²) >= 11 is 10.2. The molecule has 2 aromatic rings. The maximum Gasteiger partial charge on any atom is 0.271 e. The van der Waals surface area contributed by atoms with Crippen molar-refractivity contribution in [2.75, 3.05) is 11.8 Å². The Labute approximate surface area is 141 Å². The zero-order valence-electron chi connectivity index (χ0n) is 11.5. The van der Waals surface area contributed by atoms with E-state index in [0.29, 0.717) is 20.2 Å². The van der Waals surface area contributed by atoms with Crippen LogP contribution in [0, 0.1) is 13.8 Å². The van der Waals surface area contributed by atoms with Crippen LogP contribution >= 0.6 is 38.9 Å². The lowest BCUT2D eigenvalue weighted by molar-refractivity contribution is 0.409. The van der Waals surface area contributed by atoms with E-state index in [1.165, 1.54) is 6.07 Å². The van der Waals surface area contributed by atoms with Crippen molar-refractivity contribution < 1.29 is 13.2 Å². The molecule has 1 heterocycles. The summed E-state index contributed by atoms with van der Waals surface area (Å²) in [6.07, 6.45) is 0. The second-order valence-electron chi connectivity index (χ2n) is 4.38. The number of halogens is 2. The molecule has 1 aromatic carbocycles. The highest BCUT2D eigenvalue weighted by Gasteiger charge is 2.21. The van der Waals surface area contributed by atoms with Crippen molar-refractivity contribution in [1.29, 1.82) is 0 Å². The van der Waals surface area contributed by atoms with Gasteiger partial charge in [-0.05, 0) is 47.5 Å². The first kappa shape index (κ1) is 16.6. The van der Waals surface area contributed by atoms with Gasteiger partial charge in [0.2, 0.25) is 0 Å². The lowest BCUT2D eigenvalue weighted by atomic mass is 10.1. The molecule has 0 fully saturated rings. The summed E-state index contributed by atoms with van der Waals surface area (Å²) in [7, 11) is -2.12. The van der Waals surface area contributed by atoms with E-state index in [2.05, 4.69) is 20.7 Å². The van der Waals surface area contributed by atoms with Crippen molar-refractivity contribution in [1.82, 2.24) is 0 Å². The van der Waals surface area contributed by atoms with Crippen LogP contribution in [0.4, 0.5) is 5.69 Å². The molecule has 0 bridgehead atoms. The number of hydrogen-bond acceptors (Lipinski definition) is 4. The molecule has 4 nitrogen and oxygen atoms in total. The van der Waals surface area contributed by atoms with Crippen LogP contribution in [0.5, 0.6) is 5.75 Å². The van der Waals surface area contributed by atoms with Crippen LogP contribution < -0.4 is 9.46 Å². The van der Waals surface area contributed by atoms with Gasteiger partial charge in [0.05, 0.1) is 21.6 Å². The van der Waals surface area contributed by atoms with Gasteiger partial charge in [-0.3, -0.25) is 4.72 Å². The molecule has 1 N–H and O–H groups in total. The fourth-order valence-corrected chi connectivity index (χ4v) is 5.43. The van der Waals surface area contributed by atoms with Gasteiger partial charge in [0.15, 0.2) is 0 Å². The van der Waals surface area contributed by atoms with Crippen LogP contribution in [0.3, 0.4) is 0 Å². The van der Waals surface area contributed by atoms with Gasteiger partial charge < -0.3 is 4.74 Å². The summed E-state index contributed by atoms with van der Waals surface area (Å²) in [5.74, 6) is 0.667. The molecule has 0 atom stereocenters. The number of sulfonamides is 1. The third kappa shape index (κ3) is 3.36. The molecule has 0 aliphatic heterocycles. The Kier molecular flexibility index (Phi) is 4.87. The molecule has 2 rings (SSSR count). The summed E-state index contributed by atoms with van der Waals surface area (Å²) in [5.41, 5.74) is 2.17. The van der Waals surface area contributed by atoms with Crippen LogP contribution in [0.2, 0.25) is 5.02 Å². The molecule has 0 amide bonds. The van der Waals surface area contributed by atoms with E-state index in [1.807, 2.05) is 6.92 Å². The normalized spacial score (nSPS) is 11.5. The van der Waals surface area contributed by atoms with Gasteiger partial charge in [0.25, 0.3) is 10.0 Å². The van der Waals surface area contributed by atoms with Crippen LogP contribution in [0.15, 0.2) is 26.2 Å². The van der Waals surface area contributed by atoms with Gasteiger partial charge in [-0.1, -0.05) is 17.7 Å². The molecule has 0 spiro atoms. The van der Waals surface area contributed by atoms with Crippen molar-refractivity contribution >= 4 is 54.6 Å². The Morgan fingerprint density at radius 2 is 2.00 bits per heavy atom. The minimum Gasteiger partial charge on any atom is -0.496 e. The van der Waals surface area contributed by atoms with Gasteiger partial charge in [-0.15, -0.1) is 11.3 Å². The summed E-state index contributed by atoms with van der Waals surface area (Å²) < 4.78 is 33.4. The molecule has 0 saturated heterocycles. The Hall–Kier alpha value is -0.760. The Balaban J connectivity index is 2.42. The van der Waals surface area contributed by atoms with Crippen LogP contribution in [0.25, 0.3) is 0 Å². The van der Waals surface area contributed by atoms with Crippen LogP contribution in [-0.4, -0.2) is 15.5 Å². The van der Waals surface area contributed by atoms with E-state index in [0.717, 1.165) is 22.5 Å². The monoisotopic (exact) mass is 409 g/mol. The highest BCUT2D eigenvalue weighted by molar-refractivity contribution is 9.11. The number of aryl methyl sites for hydroxylation is 1. The first-order valence-corrected chi connectivity index (χ1v) is 9.35. The number of ether oxygens (including phenoxy) is 1. The van der Waals surface area contributed by atoms with Gasteiger partial charge in [-0.25, -0.2) is 8.42 Å². The van der Waals surface area contributed by atoms with Gasteiger partial charge in [0.1, 0.15) is 9.96 Å². The molecule has 21 heavy (non-hydrogen) atoms. The number of anilines is 1. The smallest absolute Gasteiger partial charge is 0.271 e. The topological polar surface area (TPSA) is 55.4 Å². The zero-order chi connectivity index (χ0) is 15.8. The molecule has 0 radical (unpaired) electrons. The zero-order valence-corrected chi connectivity index (χ0v) is 15.5. The predicted molar refractivity (Wildman–Crippen MR) is 90.3 cm³/mol. The first-order valence-electron chi connectivity index (χ1n) is 5.88. The van der Waals surface area contributed by atoms with Crippen molar-refractivity contribution in [3.05, 3.63) is 38.1 Å². The fourth-order valence-electron chi connectivity index (χ4n) is 1.91. The van der Waals surface area contributed by atoms with E-state index in [9.17, 15) is 8.42 Å². The first-order chi connectivity index (χ1) is 9.76. The number of methoxy groups -OCH3 is 1. The Bertz CT molecular complexity index is 767. The highest BCUT2D eigenvalue weighted by atomic mass is 79.9. The Morgan fingerprint density at radius 3 is 2.52 bits per heavy atom. The van der Waals surface area contributed by atoms with Gasteiger partial charge >= 0.3 is 0 Å². The summed E-state index contributed by atoms with van der Waals surface area (Å²) in [4.78, 5) is 0. The molecule has 0 saturated carbocycles. The Morgan fingerprint density at radius 1 is 1.33 bits per heavy atom. The minimum atomic E-state index is -3.68. The fraction of sp³-hybridized carbons (Fsp3) is 0.231. The van der Waals surface area contributed by atoms with E-state index in [4.69, 9.17) is 16.3 Å². The average Bonchev–Trinajstić information content (AvgIpc) is 2.75. The van der Waals surface area contributed by atoms with Crippen molar-refractivity contribution in [3.63, 3.8) is 0 Å². The molecular weight excluding hydrogens is 398 g/mol. The molecule has 1 aromatic heterocycles. The van der Waals surface area contributed by atoms with E-state index >= 15 is 0 Å². The largest absolute Gasteiger partial charge is 0.496 e. The second kappa shape index (κ2) is 6.16. The molecular formula is C13H13BrClNO3S2. The molecule has 0 aliphatic rings. The lowest BCUT2D eigenvalue weighted by Gasteiger charge is -2.14. The third-order valence-corrected chi connectivity index (χ3v) is 7.25. The number of benzene rings is 1. The summed E-state index contributed by atoms with van der Waals surface area (Å²) in [6.45, 7) is 3.71. The van der Waals surface area contributed by atoms with Gasteiger partial charge in [-0.2, -0.15) is 0 Å². The maximum atomic E-state index is 12.4. The maximum absolute atomic E-state index is 12.4. The average molecular weight is 411 g/mol. The van der Waals surface area contributed by atoms with Crippen LogP contribution in [-0.2, 0) is 10.0 Å². The molecule has 8 heteroatoms. The van der Waals surface area contributed by atoms with Crippen LogP contribution in [0.1, 0.15) is 11.1 Å². The lowest BCUT2D eigenvalue weighted by Crippen LogP contribution is -2.12. The standard InChI is InChI=1S/C13H13BrClNO3S2/c1-7-4-5-10(8(2)12(7)19-3)16-21(17,18)11-6-9(15)13(14)20-11/h4-6,16H,1-3H3. The summed E-state index contributed by atoms with van der Waals surface area (Å²) in [6, 6.07) is 4.94. The highest BCUT2D eigenvalue weighted by Crippen LogP contribution is 2.36. The number of hydrogen-bond donors (Lipinski definition) is 1. The van der Waals surface area contributed by atoms with E-state index in [1.54, 1.807) is 26.2 Å². The van der Waals surface area contributed by atoms with Gasteiger partial charge in [0, 0.05) is 5.56 Å². The molecule has 0 unspecified atom stereocenters. The second-order valence-corrected chi connectivity index (χ2v) is 9.07. The summed E-state index contributed by atoms with van der Waals surface area (Å²) in [5, 5.41) is 0.374. The minimum absolute atomic E-state index is 0.151. The van der Waals surface area contributed by atoms with E-state index < -0.39 is 10.0 Å². The van der Waals surface area contributed by atoms with Crippen molar-refractivity contribution in [2.24, 2.45) is 0 Å². The predicted octanol–water partition coefficient (Wildman–Crippen LogP) is 4.59. The number of rotatable bonds is 4. The van der Waals surface area contributed by atoms with E-state index in [-0.39, 0.29) is 4.21 Å². The molecule has 114 valence electrons. The molecule has 0 aliphatic carbocycles. The number of nitrogens with one attached hydrogen (secondary N) is 1. The SMILES string of the molecule is COc1c(C)ccc(NS(=O)(=O)c2cc(Cl)c(Br)s2)c1C. The third-order valence-electron chi connectivity index (χ3n) is 2.94. The van der Waals surface area contributed by atoms with Crippen molar-refractivity contribution in [2.45, 2.75) is 18.1 Å². The van der Waals surface area contributed by atoms with Crippen molar-refractivity contribution in [3.8, 4) is 5.75 Å².